The molecule has 4 aromatic rings. The standard InChI is InChI=1S/C22H18FN5O2S/c23-17-6-1-14(2-7-17)16-5-10-19(24)20(11-16)28-22(29)15-3-8-18(9-4-15)31(25,30)21-12-26-13-27-21/h1-13,25H,24H2,(H,26,27)(H,28,29). The molecule has 0 spiro atoms. The number of H-pyrrole nitrogens is 1. The Balaban J connectivity index is 1.56. The van der Waals surface area contributed by atoms with Crippen LogP contribution in [-0.4, -0.2) is 20.1 Å². The van der Waals surface area contributed by atoms with E-state index in [-0.39, 0.29) is 15.7 Å². The number of aromatic nitrogens is 2. The van der Waals surface area contributed by atoms with Gasteiger partial charge in [0.25, 0.3) is 5.91 Å². The van der Waals surface area contributed by atoms with Crippen LogP contribution < -0.4 is 11.1 Å². The highest BCUT2D eigenvalue weighted by Gasteiger charge is 2.16. The third-order valence-electron chi connectivity index (χ3n) is 4.71. The Bertz CT molecular complexity index is 1330. The van der Waals surface area contributed by atoms with E-state index in [9.17, 15) is 13.4 Å². The van der Waals surface area contributed by atoms with Gasteiger partial charge in [-0.3, -0.25) is 4.79 Å². The van der Waals surface area contributed by atoms with Gasteiger partial charge in [-0.2, -0.15) is 0 Å². The fourth-order valence-electron chi connectivity index (χ4n) is 3.01. The van der Waals surface area contributed by atoms with Gasteiger partial charge in [0.15, 0.2) is 0 Å². The van der Waals surface area contributed by atoms with Crippen LogP contribution in [0.15, 0.2) is 89.2 Å². The molecule has 3 aromatic carbocycles. The maximum Gasteiger partial charge on any atom is 0.255 e. The van der Waals surface area contributed by atoms with Gasteiger partial charge in [0.2, 0.25) is 0 Å². The van der Waals surface area contributed by atoms with Crippen LogP contribution in [0.1, 0.15) is 10.4 Å². The van der Waals surface area contributed by atoms with Gasteiger partial charge in [0.1, 0.15) is 20.6 Å². The van der Waals surface area contributed by atoms with Crippen LogP contribution in [0.5, 0.6) is 0 Å². The molecule has 0 fully saturated rings. The van der Waals surface area contributed by atoms with Crippen molar-refractivity contribution in [3.63, 3.8) is 0 Å². The number of nitrogens with one attached hydrogen (secondary N) is 3. The number of amides is 1. The zero-order valence-corrected chi connectivity index (χ0v) is 16.9. The number of rotatable bonds is 5. The van der Waals surface area contributed by atoms with Crippen molar-refractivity contribution in [3.8, 4) is 11.1 Å². The Morgan fingerprint density at radius 3 is 2.35 bits per heavy atom. The van der Waals surface area contributed by atoms with Crippen LogP contribution in [0, 0.1) is 10.6 Å². The summed E-state index contributed by atoms with van der Waals surface area (Å²) in [6.07, 6.45) is 2.70. The van der Waals surface area contributed by atoms with Crippen molar-refractivity contribution in [3.05, 3.63) is 90.6 Å². The van der Waals surface area contributed by atoms with Crippen molar-refractivity contribution < 1.29 is 13.4 Å². The summed E-state index contributed by atoms with van der Waals surface area (Å²) in [5, 5.41) is 2.95. The van der Waals surface area contributed by atoms with Gasteiger partial charge in [-0.25, -0.2) is 18.4 Å². The molecule has 0 aliphatic carbocycles. The zero-order chi connectivity index (χ0) is 22.0. The molecule has 0 saturated heterocycles. The third kappa shape index (κ3) is 4.17. The molecule has 1 aromatic heterocycles. The molecule has 0 saturated carbocycles. The molecule has 156 valence electrons. The summed E-state index contributed by atoms with van der Waals surface area (Å²) in [6.45, 7) is 0. The highest BCUT2D eigenvalue weighted by molar-refractivity contribution is 7.92. The Morgan fingerprint density at radius 2 is 1.71 bits per heavy atom. The first-order chi connectivity index (χ1) is 14.8. The molecule has 1 unspecified atom stereocenters. The number of hydrogen-bond acceptors (Lipinski definition) is 5. The van der Waals surface area contributed by atoms with Crippen LogP contribution in [0.4, 0.5) is 15.8 Å². The van der Waals surface area contributed by atoms with E-state index in [1.807, 2.05) is 0 Å². The quantitative estimate of drug-likeness (QED) is 0.344. The van der Waals surface area contributed by atoms with E-state index in [0.717, 1.165) is 11.1 Å². The molecular formula is C22H18FN5O2S. The fourth-order valence-corrected chi connectivity index (χ4v) is 4.21. The Morgan fingerprint density at radius 1 is 1.03 bits per heavy atom. The van der Waals surface area contributed by atoms with Crippen LogP contribution in [0.3, 0.4) is 0 Å². The number of aromatic amines is 1. The maximum atomic E-state index is 13.2. The lowest BCUT2D eigenvalue weighted by molar-refractivity contribution is 0.102. The van der Waals surface area contributed by atoms with Crippen molar-refractivity contribution in [2.75, 3.05) is 11.1 Å². The lowest BCUT2D eigenvalue weighted by Gasteiger charge is -2.11. The van der Waals surface area contributed by atoms with Crippen molar-refractivity contribution in [1.29, 1.82) is 4.78 Å². The van der Waals surface area contributed by atoms with E-state index in [1.54, 1.807) is 30.3 Å². The predicted octanol–water partition coefficient (Wildman–Crippen LogP) is 4.52. The summed E-state index contributed by atoms with van der Waals surface area (Å²) < 4.78 is 34.0. The molecule has 4 rings (SSSR count). The molecule has 1 amide bonds. The summed E-state index contributed by atoms with van der Waals surface area (Å²) in [4.78, 5) is 19.4. The molecule has 0 aliphatic rings. The summed E-state index contributed by atoms with van der Waals surface area (Å²) in [7, 11) is -3.24. The second kappa shape index (κ2) is 8.04. The van der Waals surface area contributed by atoms with E-state index in [1.165, 1.54) is 48.9 Å². The Labute approximate surface area is 178 Å². The second-order valence-electron chi connectivity index (χ2n) is 6.76. The van der Waals surface area contributed by atoms with Crippen LogP contribution in [-0.2, 0) is 9.73 Å². The number of nitrogens with zero attached hydrogens (tertiary/aromatic N) is 1. The van der Waals surface area contributed by atoms with Gasteiger partial charge < -0.3 is 16.0 Å². The van der Waals surface area contributed by atoms with Crippen LogP contribution >= 0.6 is 0 Å². The summed E-state index contributed by atoms with van der Waals surface area (Å²) in [5.41, 5.74) is 8.67. The lowest BCUT2D eigenvalue weighted by atomic mass is 10.0. The van der Waals surface area contributed by atoms with E-state index in [2.05, 4.69) is 15.3 Å². The molecule has 7 nitrogen and oxygen atoms in total. The minimum absolute atomic E-state index is 0.190. The number of nitrogen functional groups attached to an aromatic ring is 1. The Hall–Kier alpha value is -3.98. The molecule has 0 aliphatic heterocycles. The topological polar surface area (TPSA) is 125 Å². The molecular weight excluding hydrogens is 417 g/mol. The molecule has 1 heterocycles. The first kappa shape index (κ1) is 20.3. The highest BCUT2D eigenvalue weighted by atomic mass is 32.2. The van der Waals surface area contributed by atoms with Gasteiger partial charge in [0, 0.05) is 5.56 Å². The van der Waals surface area contributed by atoms with E-state index < -0.39 is 15.6 Å². The monoisotopic (exact) mass is 435 g/mol. The maximum absolute atomic E-state index is 13.2. The third-order valence-corrected chi connectivity index (χ3v) is 6.49. The van der Waals surface area contributed by atoms with Gasteiger partial charge >= 0.3 is 0 Å². The SMILES string of the molecule is N=S(=O)(c1ccc(C(=O)Nc2cc(-c3ccc(F)cc3)ccc2N)cc1)c1cnc[nH]1. The second-order valence-corrected chi connectivity index (χ2v) is 8.78. The molecule has 1 atom stereocenters. The van der Waals surface area contributed by atoms with Crippen LogP contribution in [0.2, 0.25) is 0 Å². The molecule has 9 heteroatoms. The van der Waals surface area contributed by atoms with E-state index >= 15 is 0 Å². The summed E-state index contributed by atoms with van der Waals surface area (Å²) in [5.74, 6) is -0.743. The zero-order valence-electron chi connectivity index (χ0n) is 16.1. The molecule has 5 N–H and O–H groups in total. The van der Waals surface area contributed by atoms with Crippen molar-refractivity contribution in [2.45, 2.75) is 9.92 Å². The number of anilines is 2. The smallest absolute Gasteiger partial charge is 0.255 e. The van der Waals surface area contributed by atoms with Gasteiger partial charge in [-0.1, -0.05) is 18.2 Å². The number of carbonyl (C=O) groups is 1. The van der Waals surface area contributed by atoms with Gasteiger partial charge in [-0.05, 0) is 59.7 Å². The molecule has 0 bridgehead atoms. The summed E-state index contributed by atoms with van der Waals surface area (Å²) in [6, 6.07) is 17.1. The Kier molecular flexibility index (Phi) is 5.26. The average molecular weight is 435 g/mol. The molecule has 31 heavy (non-hydrogen) atoms. The van der Waals surface area contributed by atoms with Crippen molar-refractivity contribution in [2.24, 2.45) is 0 Å². The number of hydrogen-bond donors (Lipinski definition) is 4. The first-order valence-electron chi connectivity index (χ1n) is 9.19. The number of halogens is 1. The highest BCUT2D eigenvalue weighted by Crippen LogP contribution is 2.28. The predicted molar refractivity (Wildman–Crippen MR) is 117 cm³/mol. The normalized spacial score (nSPS) is 12.8. The lowest BCUT2D eigenvalue weighted by Crippen LogP contribution is -2.13. The molecule has 0 radical (unpaired) electrons. The van der Waals surface area contributed by atoms with Crippen molar-refractivity contribution in [1.82, 2.24) is 9.97 Å². The average Bonchev–Trinajstić information content (AvgIpc) is 3.32. The minimum atomic E-state index is -3.24. The number of carbonyl (C=O) groups excluding carboxylic acids is 1. The van der Waals surface area contributed by atoms with Gasteiger partial charge in [0.05, 0.1) is 28.8 Å². The number of benzene rings is 3. The largest absolute Gasteiger partial charge is 0.397 e. The fraction of sp³-hybridized carbons (Fsp3) is 0. The van der Waals surface area contributed by atoms with E-state index in [4.69, 9.17) is 10.5 Å². The van der Waals surface area contributed by atoms with E-state index in [0.29, 0.717) is 16.9 Å². The first-order valence-corrected chi connectivity index (χ1v) is 10.7. The van der Waals surface area contributed by atoms with Crippen LogP contribution in [0.25, 0.3) is 11.1 Å². The number of imidazole rings is 1. The minimum Gasteiger partial charge on any atom is -0.397 e. The van der Waals surface area contributed by atoms with Gasteiger partial charge in [-0.15, -0.1) is 0 Å². The van der Waals surface area contributed by atoms with Crippen molar-refractivity contribution >= 4 is 27.0 Å². The number of nitrogens with two attached hydrogens (primary N) is 1. The summed E-state index contributed by atoms with van der Waals surface area (Å²) >= 11 is 0.